The number of hydrogen-bond acceptors (Lipinski definition) is 2. The molecule has 5 heteroatoms. The monoisotopic (exact) mass is 309 g/mol. The van der Waals surface area contributed by atoms with Gasteiger partial charge in [0, 0.05) is 11.6 Å². The van der Waals surface area contributed by atoms with Crippen molar-refractivity contribution in [2.75, 3.05) is 0 Å². The van der Waals surface area contributed by atoms with E-state index in [2.05, 4.69) is 5.32 Å². The number of epoxide rings is 1. The zero-order valence-corrected chi connectivity index (χ0v) is 12.7. The van der Waals surface area contributed by atoms with Gasteiger partial charge < -0.3 is 10.1 Å². The lowest BCUT2D eigenvalue weighted by atomic mass is 9.77. The second-order valence-corrected chi connectivity index (χ2v) is 6.50. The maximum atomic E-state index is 14.0. The summed E-state index contributed by atoms with van der Waals surface area (Å²) >= 11 is 0. The molecule has 0 radical (unpaired) electrons. The number of nitrogens with one attached hydrogen (secondary N) is 1. The highest BCUT2D eigenvalue weighted by Crippen LogP contribution is 2.33. The summed E-state index contributed by atoms with van der Waals surface area (Å²) in [6.07, 6.45) is 4.74. The van der Waals surface area contributed by atoms with Crippen molar-refractivity contribution >= 4 is 5.91 Å². The van der Waals surface area contributed by atoms with E-state index in [0.717, 1.165) is 38.2 Å². The standard InChI is InChI=1S/C17H21F2NO2/c1-11-15(22-11)16(21)20-17(7-3-2-4-8-17)10-12-5-6-13(18)9-14(12)19/h5-6,9,11,15H,2-4,7-8,10H2,1H3,(H,20,21)/t11-,15+/m0/s1. The van der Waals surface area contributed by atoms with Crippen LogP contribution in [0.5, 0.6) is 0 Å². The van der Waals surface area contributed by atoms with Gasteiger partial charge in [-0.3, -0.25) is 4.79 Å². The summed E-state index contributed by atoms with van der Waals surface area (Å²) in [6, 6.07) is 3.64. The van der Waals surface area contributed by atoms with Crippen LogP contribution >= 0.6 is 0 Å². The molecule has 3 rings (SSSR count). The van der Waals surface area contributed by atoms with Crippen molar-refractivity contribution in [2.24, 2.45) is 0 Å². The van der Waals surface area contributed by atoms with E-state index in [9.17, 15) is 13.6 Å². The van der Waals surface area contributed by atoms with Crippen LogP contribution in [0.1, 0.15) is 44.6 Å². The summed E-state index contributed by atoms with van der Waals surface area (Å²) in [5.41, 5.74) is 0.00742. The molecule has 0 unspecified atom stereocenters. The Morgan fingerprint density at radius 1 is 1.32 bits per heavy atom. The minimum absolute atomic E-state index is 0.0387. The largest absolute Gasteiger partial charge is 0.359 e. The topological polar surface area (TPSA) is 41.6 Å². The highest BCUT2D eigenvalue weighted by Gasteiger charge is 2.44. The summed E-state index contributed by atoms with van der Waals surface area (Å²) < 4.78 is 32.3. The Morgan fingerprint density at radius 3 is 2.59 bits per heavy atom. The third-order valence-corrected chi connectivity index (χ3v) is 4.71. The number of ether oxygens (including phenoxy) is 1. The first-order valence-electron chi connectivity index (χ1n) is 7.91. The molecule has 1 heterocycles. The molecule has 1 aliphatic carbocycles. The van der Waals surface area contributed by atoms with Crippen LogP contribution in [0.25, 0.3) is 0 Å². The molecule has 1 saturated carbocycles. The lowest BCUT2D eigenvalue weighted by Gasteiger charge is -2.38. The quantitative estimate of drug-likeness (QED) is 0.868. The summed E-state index contributed by atoms with van der Waals surface area (Å²) in [5, 5.41) is 3.09. The molecule has 0 aromatic heterocycles. The predicted octanol–water partition coefficient (Wildman–Crippen LogP) is 3.11. The van der Waals surface area contributed by atoms with E-state index < -0.39 is 17.2 Å². The van der Waals surface area contributed by atoms with Gasteiger partial charge in [0.15, 0.2) is 6.10 Å². The average molecular weight is 309 g/mol. The summed E-state index contributed by atoms with van der Waals surface area (Å²) in [4.78, 5) is 12.2. The molecular weight excluding hydrogens is 288 g/mol. The zero-order chi connectivity index (χ0) is 15.7. The SMILES string of the molecule is C[C@@H]1O[C@H]1C(=O)NC1(Cc2ccc(F)cc2F)CCCCC1. The maximum absolute atomic E-state index is 14.0. The van der Waals surface area contributed by atoms with Gasteiger partial charge in [-0.25, -0.2) is 8.78 Å². The molecule has 1 N–H and O–H groups in total. The molecule has 1 aromatic rings. The molecule has 1 saturated heterocycles. The van der Waals surface area contributed by atoms with Crippen LogP contribution in [0.2, 0.25) is 0 Å². The highest BCUT2D eigenvalue weighted by molar-refractivity contribution is 5.84. The molecule has 3 nitrogen and oxygen atoms in total. The molecule has 120 valence electrons. The maximum Gasteiger partial charge on any atom is 0.252 e. The van der Waals surface area contributed by atoms with E-state index in [0.29, 0.717) is 12.0 Å². The molecule has 2 atom stereocenters. The van der Waals surface area contributed by atoms with Crippen LogP contribution < -0.4 is 5.32 Å². The predicted molar refractivity (Wildman–Crippen MR) is 78.4 cm³/mol. The Labute approximate surface area is 129 Å². The molecular formula is C17H21F2NO2. The second-order valence-electron chi connectivity index (χ2n) is 6.50. The fourth-order valence-electron chi connectivity index (χ4n) is 3.40. The number of hydrogen-bond donors (Lipinski definition) is 1. The molecule has 22 heavy (non-hydrogen) atoms. The molecule has 2 fully saturated rings. The molecule has 2 aliphatic rings. The van der Waals surface area contributed by atoms with Crippen LogP contribution in [0.4, 0.5) is 8.78 Å². The smallest absolute Gasteiger partial charge is 0.252 e. The summed E-state index contributed by atoms with van der Waals surface area (Å²) in [7, 11) is 0. The van der Waals surface area contributed by atoms with E-state index in [1.165, 1.54) is 12.1 Å². The van der Waals surface area contributed by atoms with Gasteiger partial charge in [-0.1, -0.05) is 25.3 Å². The van der Waals surface area contributed by atoms with Gasteiger partial charge in [0.05, 0.1) is 6.10 Å². The Bertz CT molecular complexity index is 570. The number of carbonyl (C=O) groups is 1. The average Bonchev–Trinajstić information content (AvgIpc) is 3.20. The van der Waals surface area contributed by atoms with Crippen molar-refractivity contribution in [3.63, 3.8) is 0 Å². The number of rotatable bonds is 4. The first kappa shape index (κ1) is 15.4. The lowest BCUT2D eigenvalue weighted by Crippen LogP contribution is -2.53. The van der Waals surface area contributed by atoms with E-state index in [1.54, 1.807) is 0 Å². The molecule has 1 aromatic carbocycles. The van der Waals surface area contributed by atoms with E-state index >= 15 is 0 Å². The van der Waals surface area contributed by atoms with Gasteiger partial charge in [-0.15, -0.1) is 0 Å². The first-order chi connectivity index (χ1) is 10.5. The zero-order valence-electron chi connectivity index (χ0n) is 12.7. The van der Waals surface area contributed by atoms with Gasteiger partial charge in [0.25, 0.3) is 5.91 Å². The number of amides is 1. The third kappa shape index (κ3) is 3.29. The van der Waals surface area contributed by atoms with Crippen molar-refractivity contribution in [3.05, 3.63) is 35.4 Å². The Kier molecular flexibility index (Phi) is 4.17. The van der Waals surface area contributed by atoms with Crippen LogP contribution in [-0.2, 0) is 16.0 Å². The number of halogens is 2. The Hall–Kier alpha value is -1.49. The fraction of sp³-hybridized carbons (Fsp3) is 0.588. The van der Waals surface area contributed by atoms with E-state index in [-0.39, 0.29) is 18.1 Å². The van der Waals surface area contributed by atoms with Gasteiger partial charge in [-0.05, 0) is 37.8 Å². The Morgan fingerprint density at radius 2 is 2.00 bits per heavy atom. The molecule has 0 spiro atoms. The van der Waals surface area contributed by atoms with Crippen LogP contribution in [0, 0.1) is 11.6 Å². The van der Waals surface area contributed by atoms with Crippen LogP contribution in [0.3, 0.4) is 0 Å². The van der Waals surface area contributed by atoms with E-state index in [1.807, 2.05) is 6.92 Å². The van der Waals surface area contributed by atoms with Crippen molar-refractivity contribution < 1.29 is 18.3 Å². The minimum atomic E-state index is -0.580. The summed E-state index contributed by atoms with van der Waals surface area (Å²) in [5.74, 6) is -1.24. The van der Waals surface area contributed by atoms with Gasteiger partial charge in [-0.2, -0.15) is 0 Å². The fourth-order valence-corrected chi connectivity index (χ4v) is 3.40. The first-order valence-corrected chi connectivity index (χ1v) is 7.91. The summed E-state index contributed by atoms with van der Waals surface area (Å²) in [6.45, 7) is 1.86. The van der Waals surface area contributed by atoms with Crippen LogP contribution in [0.15, 0.2) is 18.2 Å². The lowest BCUT2D eigenvalue weighted by molar-refractivity contribution is -0.124. The van der Waals surface area contributed by atoms with E-state index in [4.69, 9.17) is 4.74 Å². The number of benzene rings is 1. The third-order valence-electron chi connectivity index (χ3n) is 4.71. The molecule has 0 bridgehead atoms. The number of carbonyl (C=O) groups excluding carboxylic acids is 1. The van der Waals surface area contributed by atoms with Crippen molar-refractivity contribution in [3.8, 4) is 0 Å². The molecule has 1 amide bonds. The van der Waals surface area contributed by atoms with Crippen molar-refractivity contribution in [1.82, 2.24) is 5.32 Å². The van der Waals surface area contributed by atoms with Gasteiger partial charge in [0.1, 0.15) is 11.6 Å². The van der Waals surface area contributed by atoms with Crippen LogP contribution in [-0.4, -0.2) is 23.7 Å². The molecule has 1 aliphatic heterocycles. The van der Waals surface area contributed by atoms with Gasteiger partial charge >= 0.3 is 0 Å². The van der Waals surface area contributed by atoms with Crippen molar-refractivity contribution in [1.29, 1.82) is 0 Å². The van der Waals surface area contributed by atoms with Crippen molar-refractivity contribution in [2.45, 2.75) is 63.2 Å². The normalized spacial score (nSPS) is 26.5. The second kappa shape index (κ2) is 5.95. The van der Waals surface area contributed by atoms with Gasteiger partial charge in [0.2, 0.25) is 0 Å². The Balaban J connectivity index is 1.77. The highest BCUT2D eigenvalue weighted by atomic mass is 19.1. The minimum Gasteiger partial charge on any atom is -0.359 e.